The van der Waals surface area contributed by atoms with Gasteiger partial charge in [0.15, 0.2) is 0 Å². The summed E-state index contributed by atoms with van der Waals surface area (Å²) in [7, 11) is 1.34. The molecule has 2 heterocycles. The summed E-state index contributed by atoms with van der Waals surface area (Å²) in [6, 6.07) is 14.2. The Morgan fingerprint density at radius 2 is 1.85 bits per heavy atom. The first-order chi connectivity index (χ1) is 13.0. The Morgan fingerprint density at radius 1 is 1.15 bits per heavy atom. The van der Waals surface area contributed by atoms with Crippen molar-refractivity contribution in [2.24, 2.45) is 0 Å². The Kier molecular flexibility index (Phi) is 4.11. The van der Waals surface area contributed by atoms with Crippen molar-refractivity contribution in [1.82, 2.24) is 9.88 Å². The van der Waals surface area contributed by atoms with Crippen molar-refractivity contribution >= 4 is 28.5 Å². The summed E-state index contributed by atoms with van der Waals surface area (Å²) in [4.78, 5) is 30.2. The Hall–Kier alpha value is -3.28. The number of ether oxygens (including phenoxy) is 1. The minimum Gasteiger partial charge on any atom is -0.467 e. The van der Waals surface area contributed by atoms with Crippen LogP contribution in [0.1, 0.15) is 29.8 Å². The Morgan fingerprint density at radius 3 is 2.56 bits per heavy atom. The van der Waals surface area contributed by atoms with Crippen LogP contribution in [-0.4, -0.2) is 34.9 Å². The molecule has 138 valence electrons. The van der Waals surface area contributed by atoms with Crippen LogP contribution in [0.25, 0.3) is 10.9 Å². The fraction of sp³-hybridized carbons (Fsp3) is 0.238. The molecule has 2 unspecified atom stereocenters. The third-order valence-corrected chi connectivity index (χ3v) is 5.26. The predicted molar refractivity (Wildman–Crippen MR) is 103 cm³/mol. The number of amides is 1. The number of nitrogens with two attached hydrogens (primary N) is 1. The molecule has 0 saturated carbocycles. The lowest BCUT2D eigenvalue weighted by atomic mass is 9.87. The number of para-hydroxylation sites is 2. The molecule has 0 aliphatic carbocycles. The average Bonchev–Trinajstić information content (AvgIpc) is 3.05. The number of hydrogen-bond acceptors (Lipinski definition) is 4. The number of anilines is 1. The molecule has 0 saturated heterocycles. The molecule has 1 aliphatic rings. The minimum atomic E-state index is -0.705. The van der Waals surface area contributed by atoms with Crippen molar-refractivity contribution in [2.75, 3.05) is 12.8 Å². The number of esters is 1. The number of benzene rings is 2. The molecule has 1 amide bonds. The van der Waals surface area contributed by atoms with Crippen molar-refractivity contribution in [3.8, 4) is 0 Å². The summed E-state index contributed by atoms with van der Waals surface area (Å²) in [6.07, 6.45) is 0.398. The van der Waals surface area contributed by atoms with E-state index in [-0.39, 0.29) is 5.91 Å². The molecule has 0 spiro atoms. The summed E-state index contributed by atoms with van der Waals surface area (Å²) in [5.41, 5.74) is 10.5. The number of methoxy groups -OCH3 is 1. The maximum atomic E-state index is 12.6. The van der Waals surface area contributed by atoms with Crippen molar-refractivity contribution in [3.05, 3.63) is 65.4 Å². The molecule has 0 bridgehead atoms. The van der Waals surface area contributed by atoms with Gasteiger partial charge in [0.2, 0.25) is 5.91 Å². The minimum absolute atomic E-state index is 0.206. The molecular formula is C21H21N3O3. The van der Waals surface area contributed by atoms with Crippen LogP contribution in [0, 0.1) is 0 Å². The van der Waals surface area contributed by atoms with Crippen LogP contribution >= 0.6 is 0 Å². The summed E-state index contributed by atoms with van der Waals surface area (Å²) >= 11 is 0. The van der Waals surface area contributed by atoms with Crippen LogP contribution in [-0.2, 0) is 20.7 Å². The quantitative estimate of drug-likeness (QED) is 0.541. The van der Waals surface area contributed by atoms with Gasteiger partial charge in [0.1, 0.15) is 12.1 Å². The van der Waals surface area contributed by atoms with Crippen LogP contribution in [0.3, 0.4) is 0 Å². The molecule has 1 aromatic heterocycles. The Balaban J connectivity index is 2.01. The van der Waals surface area contributed by atoms with Crippen LogP contribution in [0.2, 0.25) is 0 Å². The van der Waals surface area contributed by atoms with Gasteiger partial charge >= 0.3 is 5.97 Å². The number of hydrogen-bond donors (Lipinski definition) is 2. The Bertz CT molecular complexity index is 1040. The molecule has 6 heteroatoms. The number of carbonyl (C=O) groups is 2. The summed E-state index contributed by atoms with van der Waals surface area (Å²) in [5.74, 6) is -0.636. The highest BCUT2D eigenvalue weighted by molar-refractivity contribution is 5.90. The van der Waals surface area contributed by atoms with Crippen LogP contribution in [0.15, 0.2) is 48.5 Å². The third-order valence-electron chi connectivity index (χ3n) is 5.26. The summed E-state index contributed by atoms with van der Waals surface area (Å²) in [5, 5.41) is 1.05. The first-order valence-corrected chi connectivity index (χ1v) is 8.83. The van der Waals surface area contributed by atoms with E-state index < -0.39 is 18.1 Å². The lowest BCUT2D eigenvalue weighted by Gasteiger charge is -2.40. The molecular weight excluding hydrogens is 342 g/mol. The number of nitrogens with zero attached hydrogens (tertiary/aromatic N) is 1. The lowest BCUT2D eigenvalue weighted by Crippen LogP contribution is -2.51. The van der Waals surface area contributed by atoms with E-state index in [0.717, 1.165) is 27.7 Å². The molecule has 3 N–H and O–H groups in total. The molecule has 4 rings (SSSR count). The second-order valence-electron chi connectivity index (χ2n) is 6.76. The molecule has 27 heavy (non-hydrogen) atoms. The van der Waals surface area contributed by atoms with E-state index in [0.29, 0.717) is 12.1 Å². The van der Waals surface area contributed by atoms with Gasteiger partial charge in [-0.3, -0.25) is 4.79 Å². The normalized spacial score (nSPS) is 19.0. The maximum Gasteiger partial charge on any atom is 0.328 e. The largest absolute Gasteiger partial charge is 0.467 e. The van der Waals surface area contributed by atoms with Gasteiger partial charge in [-0.25, -0.2) is 4.79 Å². The molecule has 0 fully saturated rings. The van der Waals surface area contributed by atoms with E-state index >= 15 is 0 Å². The number of rotatable bonds is 2. The Labute approximate surface area is 156 Å². The van der Waals surface area contributed by atoms with Gasteiger partial charge in [-0.15, -0.1) is 0 Å². The second kappa shape index (κ2) is 6.46. The molecule has 1 aliphatic heterocycles. The highest BCUT2D eigenvalue weighted by atomic mass is 16.5. The second-order valence-corrected chi connectivity index (χ2v) is 6.76. The van der Waals surface area contributed by atoms with Gasteiger partial charge < -0.3 is 20.4 Å². The first-order valence-electron chi connectivity index (χ1n) is 8.83. The van der Waals surface area contributed by atoms with Crippen molar-refractivity contribution in [3.63, 3.8) is 0 Å². The van der Waals surface area contributed by atoms with Gasteiger partial charge in [0.05, 0.1) is 7.11 Å². The van der Waals surface area contributed by atoms with Crippen molar-refractivity contribution in [1.29, 1.82) is 0 Å². The summed E-state index contributed by atoms with van der Waals surface area (Å²) < 4.78 is 5.01. The van der Waals surface area contributed by atoms with E-state index in [4.69, 9.17) is 10.5 Å². The van der Waals surface area contributed by atoms with E-state index in [9.17, 15) is 9.59 Å². The van der Waals surface area contributed by atoms with E-state index in [1.165, 1.54) is 14.0 Å². The number of nitrogen functional groups attached to an aromatic ring is 1. The number of nitrogens with one attached hydrogen (secondary N) is 1. The standard InChI is InChI=1S/C21H21N3O3/c1-12(25)24-18(21(26)27-2)11-15-13-7-4-6-10-17(13)23-19(15)20(24)14-8-3-5-9-16(14)22/h3-10,18,20,23H,11,22H2,1-2H3. The number of aromatic amines is 1. The number of fused-ring (bicyclic) bond motifs is 3. The number of H-pyrrole nitrogens is 1. The number of carbonyl (C=O) groups excluding carboxylic acids is 2. The first kappa shape index (κ1) is 17.1. The smallest absolute Gasteiger partial charge is 0.328 e. The third kappa shape index (κ3) is 2.65. The molecule has 0 radical (unpaired) electrons. The number of aromatic nitrogens is 1. The van der Waals surface area contributed by atoms with Gasteiger partial charge in [-0.2, -0.15) is 0 Å². The van der Waals surface area contributed by atoms with E-state index in [2.05, 4.69) is 4.98 Å². The van der Waals surface area contributed by atoms with Gasteiger partial charge in [0.25, 0.3) is 0 Å². The fourth-order valence-corrected chi connectivity index (χ4v) is 4.08. The highest BCUT2D eigenvalue weighted by Gasteiger charge is 2.43. The topological polar surface area (TPSA) is 88.4 Å². The zero-order valence-electron chi connectivity index (χ0n) is 15.2. The van der Waals surface area contributed by atoms with Crippen LogP contribution < -0.4 is 5.73 Å². The lowest BCUT2D eigenvalue weighted by molar-refractivity contribution is -0.154. The molecule has 2 atom stereocenters. The monoisotopic (exact) mass is 363 g/mol. The fourth-order valence-electron chi connectivity index (χ4n) is 4.08. The zero-order chi connectivity index (χ0) is 19.1. The molecule has 3 aromatic rings. The van der Waals surface area contributed by atoms with Gasteiger partial charge in [-0.1, -0.05) is 36.4 Å². The van der Waals surface area contributed by atoms with Gasteiger partial charge in [0, 0.05) is 41.2 Å². The van der Waals surface area contributed by atoms with E-state index in [1.807, 2.05) is 42.5 Å². The highest BCUT2D eigenvalue weighted by Crippen LogP contribution is 2.42. The van der Waals surface area contributed by atoms with Gasteiger partial charge in [-0.05, 0) is 17.7 Å². The maximum absolute atomic E-state index is 12.6. The van der Waals surface area contributed by atoms with Crippen LogP contribution in [0.4, 0.5) is 5.69 Å². The SMILES string of the molecule is COC(=O)C1Cc2c([nH]c3ccccc23)C(c2ccccc2N)N1C(C)=O. The molecule has 6 nitrogen and oxygen atoms in total. The zero-order valence-corrected chi connectivity index (χ0v) is 15.2. The van der Waals surface area contributed by atoms with Crippen molar-refractivity contribution in [2.45, 2.75) is 25.4 Å². The molecule has 2 aromatic carbocycles. The van der Waals surface area contributed by atoms with Crippen molar-refractivity contribution < 1.29 is 14.3 Å². The van der Waals surface area contributed by atoms with Crippen LogP contribution in [0.5, 0.6) is 0 Å². The van der Waals surface area contributed by atoms with E-state index in [1.54, 1.807) is 11.0 Å². The predicted octanol–water partition coefficient (Wildman–Crippen LogP) is 2.79. The average molecular weight is 363 g/mol. The summed E-state index contributed by atoms with van der Waals surface area (Å²) in [6.45, 7) is 1.47.